The van der Waals surface area contributed by atoms with Crippen molar-refractivity contribution in [2.45, 2.75) is 6.54 Å². The summed E-state index contributed by atoms with van der Waals surface area (Å²) in [6, 6.07) is 10.2. The molecule has 100 valence electrons. The summed E-state index contributed by atoms with van der Waals surface area (Å²) in [5.74, 6) is 1.50. The molecule has 0 bridgehead atoms. The van der Waals surface area contributed by atoms with Crippen LogP contribution in [0.1, 0.15) is 5.56 Å². The molecule has 0 fully saturated rings. The van der Waals surface area contributed by atoms with Gasteiger partial charge in [-0.3, -0.25) is 4.98 Å². The van der Waals surface area contributed by atoms with Crippen molar-refractivity contribution in [3.63, 3.8) is 0 Å². The van der Waals surface area contributed by atoms with Gasteiger partial charge < -0.3 is 10.6 Å². The predicted molar refractivity (Wildman–Crippen MR) is 80.6 cm³/mol. The van der Waals surface area contributed by atoms with E-state index in [1.54, 1.807) is 18.6 Å². The number of rotatable bonds is 4. The molecule has 0 amide bonds. The van der Waals surface area contributed by atoms with Gasteiger partial charge in [-0.15, -0.1) is 0 Å². The van der Waals surface area contributed by atoms with Crippen molar-refractivity contribution in [1.82, 2.24) is 15.0 Å². The van der Waals surface area contributed by atoms with Gasteiger partial charge in [0.15, 0.2) is 11.6 Å². The maximum absolute atomic E-state index is 4.32. The Morgan fingerprint density at radius 2 is 1.80 bits per heavy atom. The molecule has 0 spiro atoms. The van der Waals surface area contributed by atoms with E-state index in [0.29, 0.717) is 6.54 Å². The van der Waals surface area contributed by atoms with Crippen molar-refractivity contribution >= 4 is 22.5 Å². The molecule has 0 atom stereocenters. The summed E-state index contributed by atoms with van der Waals surface area (Å²) in [5, 5.41) is 7.44. The molecular weight excluding hydrogens is 250 g/mol. The van der Waals surface area contributed by atoms with Crippen LogP contribution < -0.4 is 10.6 Å². The zero-order valence-electron chi connectivity index (χ0n) is 11.2. The Kier molecular flexibility index (Phi) is 3.41. The highest BCUT2D eigenvalue weighted by Crippen LogP contribution is 2.17. The van der Waals surface area contributed by atoms with Gasteiger partial charge >= 0.3 is 0 Å². The molecule has 5 heteroatoms. The minimum Gasteiger partial charge on any atom is -0.370 e. The Labute approximate surface area is 117 Å². The van der Waals surface area contributed by atoms with Crippen molar-refractivity contribution < 1.29 is 0 Å². The number of aromatic nitrogens is 3. The Morgan fingerprint density at radius 1 is 0.950 bits per heavy atom. The van der Waals surface area contributed by atoms with E-state index in [1.807, 2.05) is 19.2 Å². The minimum absolute atomic E-state index is 0.693. The largest absolute Gasteiger partial charge is 0.370 e. The molecule has 2 N–H and O–H groups in total. The van der Waals surface area contributed by atoms with Crippen LogP contribution in [-0.4, -0.2) is 22.0 Å². The summed E-state index contributed by atoms with van der Waals surface area (Å²) in [7, 11) is 1.83. The zero-order chi connectivity index (χ0) is 13.8. The lowest BCUT2D eigenvalue weighted by Gasteiger charge is -2.09. The average molecular weight is 265 g/mol. The second-order valence-electron chi connectivity index (χ2n) is 4.39. The van der Waals surface area contributed by atoms with Gasteiger partial charge in [0.1, 0.15) is 0 Å². The second kappa shape index (κ2) is 5.52. The Bertz CT molecular complexity index is 726. The van der Waals surface area contributed by atoms with Crippen LogP contribution in [0, 0.1) is 0 Å². The highest BCUT2D eigenvalue weighted by molar-refractivity contribution is 5.79. The SMILES string of the molecule is CNc1nccnc1NCc1ccc2ncccc2c1. The summed E-state index contributed by atoms with van der Waals surface area (Å²) in [6.07, 6.45) is 5.14. The molecule has 2 aromatic heterocycles. The van der Waals surface area contributed by atoms with E-state index in [0.717, 1.165) is 22.5 Å². The first-order valence-electron chi connectivity index (χ1n) is 6.43. The maximum atomic E-state index is 4.32. The van der Waals surface area contributed by atoms with Gasteiger partial charge in [-0.25, -0.2) is 9.97 Å². The van der Waals surface area contributed by atoms with E-state index in [9.17, 15) is 0 Å². The lowest BCUT2D eigenvalue weighted by molar-refractivity contribution is 1.09. The predicted octanol–water partition coefficient (Wildman–Crippen LogP) is 2.68. The van der Waals surface area contributed by atoms with Crippen LogP contribution in [0.5, 0.6) is 0 Å². The van der Waals surface area contributed by atoms with E-state index in [-0.39, 0.29) is 0 Å². The smallest absolute Gasteiger partial charge is 0.169 e. The van der Waals surface area contributed by atoms with Crippen molar-refractivity contribution in [2.75, 3.05) is 17.7 Å². The number of hydrogen-bond donors (Lipinski definition) is 2. The summed E-state index contributed by atoms with van der Waals surface area (Å²) in [6.45, 7) is 0.693. The molecule has 0 radical (unpaired) electrons. The van der Waals surface area contributed by atoms with E-state index in [4.69, 9.17) is 0 Å². The molecular formula is C15H15N5. The minimum atomic E-state index is 0.693. The number of hydrogen-bond acceptors (Lipinski definition) is 5. The van der Waals surface area contributed by atoms with E-state index in [2.05, 4.69) is 43.8 Å². The zero-order valence-corrected chi connectivity index (χ0v) is 11.2. The Morgan fingerprint density at radius 3 is 2.65 bits per heavy atom. The first-order valence-corrected chi connectivity index (χ1v) is 6.43. The monoisotopic (exact) mass is 265 g/mol. The van der Waals surface area contributed by atoms with Crippen LogP contribution in [0.15, 0.2) is 48.9 Å². The van der Waals surface area contributed by atoms with Crippen LogP contribution in [0.4, 0.5) is 11.6 Å². The third kappa shape index (κ3) is 2.51. The van der Waals surface area contributed by atoms with Crippen LogP contribution >= 0.6 is 0 Å². The van der Waals surface area contributed by atoms with Crippen molar-refractivity contribution in [2.24, 2.45) is 0 Å². The molecule has 0 saturated heterocycles. The maximum Gasteiger partial charge on any atom is 0.169 e. The molecule has 3 aromatic rings. The summed E-state index contributed by atoms with van der Waals surface area (Å²) in [4.78, 5) is 12.8. The lowest BCUT2D eigenvalue weighted by atomic mass is 10.1. The quantitative estimate of drug-likeness (QED) is 0.759. The molecule has 0 unspecified atom stereocenters. The number of pyridine rings is 1. The van der Waals surface area contributed by atoms with Crippen LogP contribution in [0.3, 0.4) is 0 Å². The fourth-order valence-corrected chi connectivity index (χ4v) is 2.07. The molecule has 2 heterocycles. The van der Waals surface area contributed by atoms with Crippen LogP contribution in [-0.2, 0) is 6.54 Å². The van der Waals surface area contributed by atoms with E-state index < -0.39 is 0 Å². The van der Waals surface area contributed by atoms with Gasteiger partial charge in [-0.2, -0.15) is 0 Å². The molecule has 20 heavy (non-hydrogen) atoms. The number of anilines is 2. The molecule has 5 nitrogen and oxygen atoms in total. The van der Waals surface area contributed by atoms with E-state index >= 15 is 0 Å². The Balaban J connectivity index is 1.79. The van der Waals surface area contributed by atoms with Gasteiger partial charge in [-0.05, 0) is 23.8 Å². The van der Waals surface area contributed by atoms with Crippen molar-refractivity contribution in [1.29, 1.82) is 0 Å². The van der Waals surface area contributed by atoms with Crippen molar-refractivity contribution in [3.05, 3.63) is 54.5 Å². The number of benzene rings is 1. The first-order chi connectivity index (χ1) is 9.86. The summed E-state index contributed by atoms with van der Waals surface area (Å²) < 4.78 is 0. The van der Waals surface area contributed by atoms with Crippen LogP contribution in [0.25, 0.3) is 10.9 Å². The molecule has 0 aliphatic rings. The van der Waals surface area contributed by atoms with Gasteiger partial charge in [0.05, 0.1) is 5.52 Å². The van der Waals surface area contributed by atoms with Crippen LogP contribution in [0.2, 0.25) is 0 Å². The third-order valence-corrected chi connectivity index (χ3v) is 3.06. The standard InChI is InChI=1S/C15H15N5/c1-16-14-15(19-8-7-18-14)20-10-11-4-5-13-12(9-11)3-2-6-17-13/h2-9H,10H2,1H3,(H,16,18)(H,19,20). The van der Waals surface area contributed by atoms with E-state index in [1.165, 1.54) is 5.56 Å². The number of fused-ring (bicyclic) bond motifs is 1. The second-order valence-corrected chi connectivity index (χ2v) is 4.39. The molecule has 1 aromatic carbocycles. The lowest BCUT2D eigenvalue weighted by Crippen LogP contribution is -2.05. The average Bonchev–Trinajstić information content (AvgIpc) is 2.53. The number of nitrogens with one attached hydrogen (secondary N) is 2. The number of nitrogens with zero attached hydrogens (tertiary/aromatic N) is 3. The molecule has 0 saturated carbocycles. The summed E-state index contributed by atoms with van der Waals surface area (Å²) >= 11 is 0. The molecule has 0 aliphatic heterocycles. The fraction of sp³-hybridized carbons (Fsp3) is 0.133. The highest BCUT2D eigenvalue weighted by Gasteiger charge is 2.03. The van der Waals surface area contributed by atoms with Gasteiger partial charge in [0, 0.05) is 37.6 Å². The normalized spacial score (nSPS) is 10.4. The topological polar surface area (TPSA) is 62.7 Å². The first kappa shape index (κ1) is 12.3. The molecule has 3 rings (SSSR count). The van der Waals surface area contributed by atoms with Gasteiger partial charge in [0.25, 0.3) is 0 Å². The molecule has 0 aliphatic carbocycles. The van der Waals surface area contributed by atoms with Gasteiger partial charge in [0.2, 0.25) is 0 Å². The highest BCUT2D eigenvalue weighted by atomic mass is 15.1. The van der Waals surface area contributed by atoms with Gasteiger partial charge in [-0.1, -0.05) is 12.1 Å². The summed E-state index contributed by atoms with van der Waals surface area (Å²) in [5.41, 5.74) is 2.19. The van der Waals surface area contributed by atoms with Crippen molar-refractivity contribution in [3.8, 4) is 0 Å². The Hall–Kier alpha value is -2.69. The fourth-order valence-electron chi connectivity index (χ4n) is 2.07. The third-order valence-electron chi connectivity index (χ3n) is 3.06.